The van der Waals surface area contributed by atoms with E-state index in [4.69, 9.17) is 0 Å². The molecule has 0 aliphatic heterocycles. The van der Waals surface area contributed by atoms with Crippen molar-refractivity contribution in [3.63, 3.8) is 0 Å². The Morgan fingerprint density at radius 1 is 1.78 bits per heavy atom. The first-order valence-electron chi connectivity index (χ1n) is 2.50. The summed E-state index contributed by atoms with van der Waals surface area (Å²) in [5.74, 6) is -0.488. The molecule has 0 fully saturated rings. The van der Waals surface area contributed by atoms with Gasteiger partial charge in [0.15, 0.2) is 3.70 Å². The topological polar surface area (TPSA) is 30.7 Å². The van der Waals surface area contributed by atoms with E-state index in [1.54, 1.807) is 0 Å². The van der Waals surface area contributed by atoms with Gasteiger partial charge in [-0.3, -0.25) is 0 Å². The molecule has 0 spiro atoms. The minimum atomic E-state index is -0.488. The predicted octanol–water partition coefficient (Wildman–Crippen LogP) is 1.04. The molecule has 0 amide bonds. The van der Waals surface area contributed by atoms with Crippen LogP contribution in [0.4, 0.5) is 4.39 Å². The highest BCUT2D eigenvalue weighted by atomic mass is 127. The van der Waals surface area contributed by atoms with Crippen LogP contribution in [-0.4, -0.2) is 15.0 Å². The Balaban J connectivity index is 3.04. The summed E-state index contributed by atoms with van der Waals surface area (Å²) in [5.41, 5.74) is 0. The molecule has 1 heterocycles. The summed E-state index contributed by atoms with van der Waals surface area (Å²) in [6.07, 6.45) is 0. The van der Waals surface area contributed by atoms with Crippen LogP contribution in [0.2, 0.25) is 0 Å². The standard InChI is InChI=1S/C4H5FIN3/c1-2-9-4(6)3(5)7-8-9/h2H2,1H3. The lowest BCUT2D eigenvalue weighted by Gasteiger charge is -1.91. The highest BCUT2D eigenvalue weighted by Gasteiger charge is 2.05. The zero-order valence-electron chi connectivity index (χ0n) is 4.80. The molecule has 0 aromatic carbocycles. The summed E-state index contributed by atoms with van der Waals surface area (Å²) < 4.78 is 14.3. The van der Waals surface area contributed by atoms with Crippen molar-refractivity contribution in [2.24, 2.45) is 0 Å². The lowest BCUT2D eigenvalue weighted by atomic mass is 10.7. The molecule has 0 aliphatic rings. The third kappa shape index (κ3) is 1.20. The van der Waals surface area contributed by atoms with Crippen molar-refractivity contribution >= 4 is 22.6 Å². The van der Waals surface area contributed by atoms with Gasteiger partial charge in [-0.15, -0.1) is 0 Å². The van der Waals surface area contributed by atoms with Gasteiger partial charge < -0.3 is 0 Å². The van der Waals surface area contributed by atoms with Crippen LogP contribution in [-0.2, 0) is 6.54 Å². The Morgan fingerprint density at radius 3 is 2.67 bits per heavy atom. The van der Waals surface area contributed by atoms with Crippen molar-refractivity contribution in [2.45, 2.75) is 13.5 Å². The van der Waals surface area contributed by atoms with E-state index in [-0.39, 0.29) is 0 Å². The molecule has 0 atom stereocenters. The van der Waals surface area contributed by atoms with E-state index in [9.17, 15) is 4.39 Å². The van der Waals surface area contributed by atoms with Crippen molar-refractivity contribution in [3.05, 3.63) is 9.65 Å². The van der Waals surface area contributed by atoms with Gasteiger partial charge in [-0.05, 0) is 29.5 Å². The quantitative estimate of drug-likeness (QED) is 0.688. The summed E-state index contributed by atoms with van der Waals surface area (Å²) in [5, 5.41) is 6.74. The SMILES string of the molecule is CCn1nnc(F)c1I. The molecule has 1 aromatic rings. The Hall–Kier alpha value is -0.200. The number of aryl methyl sites for hydroxylation is 1. The van der Waals surface area contributed by atoms with E-state index in [2.05, 4.69) is 10.3 Å². The minimum Gasteiger partial charge on any atom is -0.236 e. The molecule has 0 saturated carbocycles. The fourth-order valence-corrected chi connectivity index (χ4v) is 1.03. The number of nitrogens with zero attached hydrogens (tertiary/aromatic N) is 3. The fourth-order valence-electron chi connectivity index (χ4n) is 0.482. The second-order valence-electron chi connectivity index (χ2n) is 1.49. The van der Waals surface area contributed by atoms with E-state index < -0.39 is 5.95 Å². The number of aromatic nitrogens is 3. The lowest BCUT2D eigenvalue weighted by molar-refractivity contribution is 0.573. The minimum absolute atomic E-state index is 0.468. The summed E-state index contributed by atoms with van der Waals surface area (Å²) in [6.45, 7) is 2.55. The average molecular weight is 241 g/mol. The van der Waals surface area contributed by atoms with E-state index >= 15 is 0 Å². The van der Waals surface area contributed by atoms with Gasteiger partial charge in [0.1, 0.15) is 0 Å². The van der Waals surface area contributed by atoms with E-state index in [1.165, 1.54) is 4.68 Å². The number of hydrogen-bond acceptors (Lipinski definition) is 2. The second-order valence-corrected chi connectivity index (χ2v) is 2.51. The van der Waals surface area contributed by atoms with Crippen LogP contribution < -0.4 is 0 Å². The van der Waals surface area contributed by atoms with Crippen LogP contribution in [0.5, 0.6) is 0 Å². The van der Waals surface area contributed by atoms with Crippen molar-refractivity contribution in [1.29, 1.82) is 0 Å². The first kappa shape index (κ1) is 6.91. The fraction of sp³-hybridized carbons (Fsp3) is 0.500. The van der Waals surface area contributed by atoms with Gasteiger partial charge in [0.25, 0.3) is 5.95 Å². The maximum absolute atomic E-state index is 12.3. The molecule has 0 radical (unpaired) electrons. The van der Waals surface area contributed by atoms with E-state index in [1.807, 2.05) is 29.5 Å². The summed E-state index contributed by atoms with van der Waals surface area (Å²) in [6, 6.07) is 0. The number of rotatable bonds is 1. The predicted molar refractivity (Wildman–Crippen MR) is 38.4 cm³/mol. The summed E-state index contributed by atoms with van der Waals surface area (Å²) in [7, 11) is 0. The van der Waals surface area contributed by atoms with Crippen molar-refractivity contribution in [2.75, 3.05) is 0 Å². The molecule has 1 rings (SSSR count). The molecule has 0 saturated heterocycles. The highest BCUT2D eigenvalue weighted by Crippen LogP contribution is 2.05. The second kappa shape index (κ2) is 2.59. The Kier molecular flexibility index (Phi) is 1.99. The van der Waals surface area contributed by atoms with Gasteiger partial charge in [-0.25, -0.2) is 4.68 Å². The van der Waals surface area contributed by atoms with Gasteiger partial charge in [-0.2, -0.15) is 4.39 Å². The molecule has 0 N–H and O–H groups in total. The first-order chi connectivity index (χ1) is 4.25. The zero-order chi connectivity index (χ0) is 6.85. The van der Waals surface area contributed by atoms with Crippen LogP contribution >= 0.6 is 22.6 Å². The zero-order valence-corrected chi connectivity index (χ0v) is 6.96. The molecule has 0 unspecified atom stereocenters. The molecule has 5 heteroatoms. The van der Waals surface area contributed by atoms with Crippen LogP contribution in [0.1, 0.15) is 6.92 Å². The van der Waals surface area contributed by atoms with Gasteiger partial charge in [0.2, 0.25) is 0 Å². The molecule has 50 valence electrons. The number of hydrogen-bond donors (Lipinski definition) is 0. The Morgan fingerprint density at radius 2 is 2.44 bits per heavy atom. The maximum Gasteiger partial charge on any atom is 0.266 e. The van der Waals surface area contributed by atoms with Crippen LogP contribution in [0.15, 0.2) is 0 Å². The van der Waals surface area contributed by atoms with Gasteiger partial charge >= 0.3 is 0 Å². The van der Waals surface area contributed by atoms with Crippen molar-refractivity contribution < 1.29 is 4.39 Å². The monoisotopic (exact) mass is 241 g/mol. The molecule has 1 aromatic heterocycles. The van der Waals surface area contributed by atoms with Gasteiger partial charge in [-0.1, -0.05) is 10.3 Å². The molecular formula is C4H5FIN3. The normalized spacial score (nSPS) is 10.1. The third-order valence-electron chi connectivity index (χ3n) is 0.937. The Labute approximate surface area is 65.4 Å². The lowest BCUT2D eigenvalue weighted by Crippen LogP contribution is -1.98. The van der Waals surface area contributed by atoms with Crippen LogP contribution in [0.25, 0.3) is 0 Å². The first-order valence-corrected chi connectivity index (χ1v) is 3.58. The summed E-state index contributed by atoms with van der Waals surface area (Å²) >= 11 is 1.86. The van der Waals surface area contributed by atoms with E-state index in [0.717, 1.165) is 0 Å². The maximum atomic E-state index is 12.3. The number of halogens is 2. The van der Waals surface area contributed by atoms with Crippen LogP contribution in [0, 0.1) is 9.65 Å². The molecular weight excluding hydrogens is 236 g/mol. The van der Waals surface area contributed by atoms with Crippen molar-refractivity contribution in [3.8, 4) is 0 Å². The molecule has 0 bridgehead atoms. The average Bonchev–Trinajstić information content (AvgIpc) is 2.15. The van der Waals surface area contributed by atoms with E-state index in [0.29, 0.717) is 10.2 Å². The smallest absolute Gasteiger partial charge is 0.236 e. The largest absolute Gasteiger partial charge is 0.266 e. The van der Waals surface area contributed by atoms with Gasteiger partial charge in [0, 0.05) is 6.54 Å². The van der Waals surface area contributed by atoms with Gasteiger partial charge in [0.05, 0.1) is 0 Å². The molecule has 0 aliphatic carbocycles. The third-order valence-corrected chi connectivity index (χ3v) is 1.94. The highest BCUT2D eigenvalue weighted by molar-refractivity contribution is 14.1. The molecule has 9 heavy (non-hydrogen) atoms. The molecule has 3 nitrogen and oxygen atoms in total. The summed E-state index contributed by atoms with van der Waals surface area (Å²) in [4.78, 5) is 0. The van der Waals surface area contributed by atoms with Crippen LogP contribution in [0.3, 0.4) is 0 Å². The van der Waals surface area contributed by atoms with Crippen molar-refractivity contribution in [1.82, 2.24) is 15.0 Å². The Bertz CT molecular complexity index is 210.